The molecule has 2 N–H and O–H groups in total. The lowest BCUT2D eigenvalue weighted by molar-refractivity contribution is -0.385. The van der Waals surface area contributed by atoms with Crippen molar-refractivity contribution in [1.29, 1.82) is 0 Å². The highest BCUT2D eigenvalue weighted by atomic mass is 32.2. The summed E-state index contributed by atoms with van der Waals surface area (Å²) in [6.45, 7) is 1.88. The second-order valence-corrected chi connectivity index (χ2v) is 10.2. The fourth-order valence-electron chi connectivity index (χ4n) is 4.28. The van der Waals surface area contributed by atoms with E-state index in [2.05, 4.69) is 20.6 Å². The van der Waals surface area contributed by atoms with Crippen LogP contribution < -0.4 is 10.6 Å². The van der Waals surface area contributed by atoms with Crippen LogP contribution in [0.25, 0.3) is 0 Å². The molecule has 12 heteroatoms. The number of rotatable bonds is 10. The van der Waals surface area contributed by atoms with Gasteiger partial charge in [0.25, 0.3) is 6.47 Å². The Hall–Kier alpha value is -3.90. The van der Waals surface area contributed by atoms with Crippen LogP contribution in [0.5, 0.6) is 0 Å². The molecule has 0 amide bonds. The van der Waals surface area contributed by atoms with Crippen molar-refractivity contribution in [1.82, 2.24) is 15.3 Å². The van der Waals surface area contributed by atoms with E-state index in [0.29, 0.717) is 6.42 Å². The SMILES string of the molecule is O=COC(CC1CCNCC1)c1ncnc(Nc2ccccc2S(=O)(=O)c2ccccc2)c1[N+](=O)[O-]. The van der Waals surface area contributed by atoms with E-state index in [1.165, 1.54) is 24.3 Å². The summed E-state index contributed by atoms with van der Waals surface area (Å²) in [6, 6.07) is 13.9. The normalized spacial score (nSPS) is 15.1. The minimum atomic E-state index is -3.93. The highest BCUT2D eigenvalue weighted by Crippen LogP contribution is 2.38. The maximum absolute atomic E-state index is 13.3. The second kappa shape index (κ2) is 11.2. The van der Waals surface area contributed by atoms with Crippen LogP contribution >= 0.6 is 0 Å². The van der Waals surface area contributed by atoms with Crippen molar-refractivity contribution < 1.29 is 22.9 Å². The average molecular weight is 512 g/mol. The maximum atomic E-state index is 13.3. The van der Waals surface area contributed by atoms with Crippen LogP contribution in [0.4, 0.5) is 17.2 Å². The summed E-state index contributed by atoms with van der Waals surface area (Å²) >= 11 is 0. The number of nitrogens with zero attached hydrogens (tertiary/aromatic N) is 3. The molecule has 1 fully saturated rings. The summed E-state index contributed by atoms with van der Waals surface area (Å²) in [6.07, 6.45) is 2.23. The van der Waals surface area contributed by atoms with Crippen LogP contribution in [-0.2, 0) is 19.4 Å². The largest absolute Gasteiger partial charge is 0.458 e. The van der Waals surface area contributed by atoms with Crippen LogP contribution in [-0.4, -0.2) is 42.9 Å². The van der Waals surface area contributed by atoms with Gasteiger partial charge in [0.2, 0.25) is 15.7 Å². The number of piperidine rings is 1. The van der Waals surface area contributed by atoms with E-state index >= 15 is 0 Å². The fourth-order valence-corrected chi connectivity index (χ4v) is 5.71. The van der Waals surface area contributed by atoms with Crippen molar-refractivity contribution in [3.8, 4) is 0 Å². The van der Waals surface area contributed by atoms with Gasteiger partial charge in [0.15, 0.2) is 11.8 Å². The molecule has 0 saturated carbocycles. The van der Waals surface area contributed by atoms with Crippen molar-refractivity contribution in [2.45, 2.75) is 35.2 Å². The standard InChI is InChI=1S/C24H25N5O6S/c30-16-35-20(14-17-10-12-25-13-11-17)22-23(29(31)32)24(27-15-26-22)28-19-8-4-5-9-21(19)36(33,34)18-6-2-1-3-7-18/h1-9,15-17,20,25H,10-14H2,(H,26,27,28). The Morgan fingerprint density at radius 1 is 1.11 bits per heavy atom. The zero-order chi connectivity index (χ0) is 25.5. The van der Waals surface area contributed by atoms with Gasteiger partial charge in [-0.2, -0.15) is 0 Å². The number of para-hydroxylation sites is 1. The number of carbonyl (C=O) groups is 1. The van der Waals surface area contributed by atoms with Crippen LogP contribution in [0, 0.1) is 16.0 Å². The van der Waals surface area contributed by atoms with E-state index in [0.717, 1.165) is 32.3 Å². The van der Waals surface area contributed by atoms with E-state index in [9.17, 15) is 23.3 Å². The summed E-state index contributed by atoms with van der Waals surface area (Å²) in [7, 11) is -3.93. The number of aromatic nitrogens is 2. The number of hydrogen-bond donors (Lipinski definition) is 2. The Morgan fingerprint density at radius 3 is 2.50 bits per heavy atom. The number of carbonyl (C=O) groups excluding carboxylic acids is 1. The van der Waals surface area contributed by atoms with Crippen molar-refractivity contribution in [3.05, 3.63) is 76.7 Å². The van der Waals surface area contributed by atoms with Crippen LogP contribution in [0.3, 0.4) is 0 Å². The van der Waals surface area contributed by atoms with Gasteiger partial charge in [0.1, 0.15) is 6.33 Å². The van der Waals surface area contributed by atoms with Gasteiger partial charge in [-0.3, -0.25) is 14.9 Å². The molecule has 1 aliphatic heterocycles. The van der Waals surface area contributed by atoms with Crippen molar-refractivity contribution >= 4 is 33.5 Å². The lowest BCUT2D eigenvalue weighted by Gasteiger charge is -2.26. The maximum Gasteiger partial charge on any atom is 0.336 e. The van der Waals surface area contributed by atoms with Gasteiger partial charge in [-0.15, -0.1) is 0 Å². The molecule has 4 rings (SSSR count). The molecule has 11 nitrogen and oxygen atoms in total. The summed E-state index contributed by atoms with van der Waals surface area (Å²) in [5.41, 5.74) is -0.419. The van der Waals surface area contributed by atoms with Gasteiger partial charge >= 0.3 is 5.69 Å². The minimum Gasteiger partial charge on any atom is -0.458 e. The molecule has 0 aliphatic carbocycles. The van der Waals surface area contributed by atoms with E-state index in [4.69, 9.17) is 4.74 Å². The highest BCUT2D eigenvalue weighted by Gasteiger charge is 2.33. The lowest BCUT2D eigenvalue weighted by Crippen LogP contribution is -2.29. The first-order valence-electron chi connectivity index (χ1n) is 11.4. The fraction of sp³-hybridized carbons (Fsp3) is 0.292. The van der Waals surface area contributed by atoms with Crippen LogP contribution in [0.15, 0.2) is 70.7 Å². The second-order valence-electron chi connectivity index (χ2n) is 8.30. The summed E-state index contributed by atoms with van der Waals surface area (Å²) in [4.78, 5) is 30.9. The Labute approximate surface area is 208 Å². The van der Waals surface area contributed by atoms with Crippen molar-refractivity contribution in [2.75, 3.05) is 18.4 Å². The molecule has 1 aliphatic rings. The Morgan fingerprint density at radius 2 is 1.81 bits per heavy atom. The minimum absolute atomic E-state index is 0.0495. The number of anilines is 2. The quantitative estimate of drug-likeness (QED) is 0.235. The molecule has 188 valence electrons. The molecular weight excluding hydrogens is 486 g/mol. The molecule has 3 aromatic rings. The number of hydrogen-bond acceptors (Lipinski definition) is 10. The molecule has 1 atom stereocenters. The summed E-state index contributed by atoms with van der Waals surface area (Å²) in [5, 5.41) is 18.2. The third-order valence-corrected chi connectivity index (χ3v) is 7.88. The van der Waals surface area contributed by atoms with Crippen LogP contribution in [0.2, 0.25) is 0 Å². The molecule has 0 bridgehead atoms. The van der Waals surface area contributed by atoms with Crippen LogP contribution in [0.1, 0.15) is 31.1 Å². The van der Waals surface area contributed by atoms with Gasteiger partial charge in [0, 0.05) is 0 Å². The molecule has 1 aromatic heterocycles. The third kappa shape index (κ3) is 5.50. The van der Waals surface area contributed by atoms with Gasteiger partial charge in [0.05, 0.1) is 20.4 Å². The Kier molecular flexibility index (Phi) is 7.86. The summed E-state index contributed by atoms with van der Waals surface area (Å²) < 4.78 is 31.8. The average Bonchev–Trinajstić information content (AvgIpc) is 2.89. The third-order valence-electron chi connectivity index (χ3n) is 6.05. The summed E-state index contributed by atoms with van der Waals surface area (Å²) in [5.74, 6) is -0.00978. The van der Waals surface area contributed by atoms with Gasteiger partial charge in [-0.05, 0) is 62.5 Å². The number of nitrogens with one attached hydrogen (secondary N) is 2. The van der Waals surface area contributed by atoms with Gasteiger partial charge < -0.3 is 15.4 Å². The molecule has 2 heterocycles. The smallest absolute Gasteiger partial charge is 0.336 e. The molecular formula is C24H25N5O6S. The topological polar surface area (TPSA) is 153 Å². The molecule has 2 aromatic carbocycles. The predicted octanol–water partition coefficient (Wildman–Crippen LogP) is 3.57. The number of ether oxygens (including phenoxy) is 1. The van der Waals surface area contributed by atoms with E-state index in [-0.39, 0.29) is 39.4 Å². The Bertz CT molecular complexity index is 1330. The van der Waals surface area contributed by atoms with Gasteiger partial charge in [-0.1, -0.05) is 30.3 Å². The molecule has 36 heavy (non-hydrogen) atoms. The first-order valence-corrected chi connectivity index (χ1v) is 12.9. The number of benzene rings is 2. The lowest BCUT2D eigenvalue weighted by atomic mass is 9.90. The molecule has 0 radical (unpaired) electrons. The molecule has 0 spiro atoms. The zero-order valence-corrected chi connectivity index (χ0v) is 20.1. The monoisotopic (exact) mass is 511 g/mol. The van der Waals surface area contributed by atoms with E-state index < -0.39 is 26.6 Å². The first kappa shape index (κ1) is 25.2. The first-order chi connectivity index (χ1) is 17.4. The van der Waals surface area contributed by atoms with Crippen molar-refractivity contribution in [2.24, 2.45) is 5.92 Å². The van der Waals surface area contributed by atoms with Gasteiger partial charge in [-0.25, -0.2) is 18.4 Å². The number of nitro groups is 1. The van der Waals surface area contributed by atoms with Crippen molar-refractivity contribution in [3.63, 3.8) is 0 Å². The predicted molar refractivity (Wildman–Crippen MR) is 130 cm³/mol. The number of sulfone groups is 1. The molecule has 1 saturated heterocycles. The molecule has 1 unspecified atom stereocenters. The zero-order valence-electron chi connectivity index (χ0n) is 19.2. The highest BCUT2D eigenvalue weighted by molar-refractivity contribution is 7.91. The Balaban J connectivity index is 1.73. The van der Waals surface area contributed by atoms with E-state index in [1.54, 1.807) is 30.3 Å². The van der Waals surface area contributed by atoms with E-state index in [1.807, 2.05) is 0 Å².